The highest BCUT2D eigenvalue weighted by molar-refractivity contribution is 7.27. The number of hydrogen-bond donors (Lipinski definition) is 0. The van der Waals surface area contributed by atoms with Gasteiger partial charge in [0.1, 0.15) is 0 Å². The fourth-order valence-electron chi connectivity index (χ4n) is 7.82. The molecule has 53 heavy (non-hydrogen) atoms. The van der Waals surface area contributed by atoms with Gasteiger partial charge in [0.25, 0.3) is 0 Å². The summed E-state index contributed by atoms with van der Waals surface area (Å²) in [5, 5.41) is 7.60. The van der Waals surface area contributed by atoms with Crippen molar-refractivity contribution in [2.45, 2.75) is 39.5 Å². The number of anilines is 6. The molecule has 0 unspecified atom stereocenters. The summed E-state index contributed by atoms with van der Waals surface area (Å²) in [4.78, 5) is 4.86. The Morgan fingerprint density at radius 3 is 1.26 bits per heavy atom. The second-order valence-electron chi connectivity index (χ2n) is 14.6. The van der Waals surface area contributed by atoms with E-state index in [4.69, 9.17) is 0 Å². The lowest BCUT2D eigenvalue weighted by Gasteiger charge is -2.28. The number of hydrogen-bond acceptors (Lipinski definition) is 3. The van der Waals surface area contributed by atoms with Gasteiger partial charge in [0.05, 0.1) is 11.4 Å². The quantitative estimate of drug-likeness (QED) is 0.156. The topological polar surface area (TPSA) is 6.48 Å². The molecular weight excluding hydrogens is 661 g/mol. The summed E-state index contributed by atoms with van der Waals surface area (Å²) < 4.78 is 2.60. The molecule has 0 spiro atoms. The predicted molar refractivity (Wildman–Crippen MR) is 232 cm³/mol. The molecular formula is C50H42N2S. The smallest absolute Gasteiger partial charge is 0.0554 e. The Hall–Kier alpha value is -5.90. The van der Waals surface area contributed by atoms with Crippen LogP contribution in [-0.2, 0) is 0 Å². The van der Waals surface area contributed by atoms with Crippen LogP contribution in [0.1, 0.15) is 50.7 Å². The number of fused-ring (bicyclic) bond motifs is 7. The van der Waals surface area contributed by atoms with Gasteiger partial charge in [0.2, 0.25) is 0 Å². The van der Waals surface area contributed by atoms with Crippen LogP contribution in [0, 0.1) is 0 Å². The molecule has 1 aromatic heterocycles. The summed E-state index contributed by atoms with van der Waals surface area (Å²) in [6, 6.07) is 62.6. The zero-order valence-electron chi connectivity index (χ0n) is 30.6. The number of thiophene rings is 1. The van der Waals surface area contributed by atoms with Crippen LogP contribution in [0.5, 0.6) is 0 Å². The molecule has 0 saturated heterocycles. The van der Waals surface area contributed by atoms with Crippen molar-refractivity contribution in [3.8, 4) is 0 Å². The first-order chi connectivity index (χ1) is 26.0. The number of benzene rings is 8. The van der Waals surface area contributed by atoms with E-state index in [1.54, 1.807) is 0 Å². The summed E-state index contributed by atoms with van der Waals surface area (Å²) in [5.74, 6) is 0.945. The highest BCUT2D eigenvalue weighted by atomic mass is 32.1. The van der Waals surface area contributed by atoms with Gasteiger partial charge in [-0.1, -0.05) is 137 Å². The first-order valence-corrected chi connectivity index (χ1v) is 19.5. The molecule has 0 radical (unpaired) electrons. The van der Waals surface area contributed by atoms with Gasteiger partial charge >= 0.3 is 0 Å². The molecule has 9 aromatic rings. The van der Waals surface area contributed by atoms with Crippen LogP contribution in [-0.4, -0.2) is 0 Å². The summed E-state index contributed by atoms with van der Waals surface area (Å²) in [6.07, 6.45) is 0. The lowest BCUT2D eigenvalue weighted by molar-refractivity contribution is 0.866. The van der Waals surface area contributed by atoms with Gasteiger partial charge in [-0.05, 0) is 89.0 Å². The Morgan fingerprint density at radius 2 is 0.774 bits per heavy atom. The van der Waals surface area contributed by atoms with Crippen LogP contribution in [0.2, 0.25) is 0 Å². The van der Waals surface area contributed by atoms with E-state index in [1.807, 2.05) is 11.3 Å². The van der Waals surface area contributed by atoms with Crippen molar-refractivity contribution in [3.05, 3.63) is 181 Å². The monoisotopic (exact) mass is 702 g/mol. The Morgan fingerprint density at radius 1 is 0.377 bits per heavy atom. The standard InChI is InChI=1S/C50H42N2S/c1-33(2)35-23-27-39(28-24-35)51(37-15-7-5-8-16-37)46-31-45-49-43-21-13-11-19-41(43)47(32-48(49)53-50(45)44-22-14-12-20-42(44)46)52(38-17-9-6-10-18-38)40-29-25-36(26-30-40)34(3)4/h5-34H,1-4H3. The van der Waals surface area contributed by atoms with Gasteiger partial charge in [-0.3, -0.25) is 0 Å². The van der Waals surface area contributed by atoms with Crippen molar-refractivity contribution in [2.75, 3.05) is 9.80 Å². The fraction of sp³-hybridized carbons (Fsp3) is 0.120. The van der Waals surface area contributed by atoms with E-state index in [0.29, 0.717) is 11.8 Å². The molecule has 0 amide bonds. The predicted octanol–water partition coefficient (Wildman–Crippen LogP) is 15.5. The average molecular weight is 703 g/mol. The normalized spacial score (nSPS) is 11.7. The molecule has 0 fully saturated rings. The molecule has 2 nitrogen and oxygen atoms in total. The highest BCUT2D eigenvalue weighted by Gasteiger charge is 2.23. The number of nitrogens with zero attached hydrogens (tertiary/aromatic N) is 2. The number of para-hydroxylation sites is 2. The maximum absolute atomic E-state index is 2.45. The van der Waals surface area contributed by atoms with Gasteiger partial charge in [0, 0.05) is 59.1 Å². The SMILES string of the molecule is CC(C)c1ccc(N(c2ccccc2)c2cc3c(sc4cc(N(c5ccccc5)c5ccc(C(C)C)cc5)c5ccccc5c43)c3ccccc23)cc1. The Kier molecular flexibility index (Phi) is 8.45. The van der Waals surface area contributed by atoms with Crippen molar-refractivity contribution < 1.29 is 0 Å². The maximum Gasteiger partial charge on any atom is 0.0554 e. The first-order valence-electron chi connectivity index (χ1n) is 18.7. The van der Waals surface area contributed by atoms with Crippen molar-refractivity contribution in [1.82, 2.24) is 0 Å². The second-order valence-corrected chi connectivity index (χ2v) is 15.6. The Balaban J connectivity index is 1.33. The molecule has 1 heterocycles. The summed E-state index contributed by atoms with van der Waals surface area (Å²) in [7, 11) is 0. The van der Waals surface area contributed by atoms with E-state index < -0.39 is 0 Å². The third-order valence-electron chi connectivity index (χ3n) is 10.6. The van der Waals surface area contributed by atoms with Crippen LogP contribution < -0.4 is 9.80 Å². The van der Waals surface area contributed by atoms with E-state index in [0.717, 1.165) is 22.7 Å². The molecule has 258 valence electrons. The Labute approximate surface area is 316 Å². The molecule has 3 heteroatoms. The van der Waals surface area contributed by atoms with Gasteiger partial charge in [-0.25, -0.2) is 0 Å². The van der Waals surface area contributed by atoms with Crippen molar-refractivity contribution in [2.24, 2.45) is 0 Å². The van der Waals surface area contributed by atoms with E-state index >= 15 is 0 Å². The van der Waals surface area contributed by atoms with Gasteiger partial charge in [-0.2, -0.15) is 0 Å². The van der Waals surface area contributed by atoms with Crippen molar-refractivity contribution >= 4 is 87.2 Å². The lowest BCUT2D eigenvalue weighted by Crippen LogP contribution is -2.11. The van der Waals surface area contributed by atoms with Crippen LogP contribution in [0.15, 0.2) is 170 Å². The molecule has 9 rings (SSSR count). The minimum Gasteiger partial charge on any atom is -0.310 e. The van der Waals surface area contributed by atoms with Gasteiger partial charge in [-0.15, -0.1) is 11.3 Å². The molecule has 0 aliphatic rings. The molecule has 0 N–H and O–H groups in total. The lowest BCUT2D eigenvalue weighted by atomic mass is 9.97. The van der Waals surface area contributed by atoms with Crippen LogP contribution in [0.25, 0.3) is 41.7 Å². The summed E-state index contributed by atoms with van der Waals surface area (Å²) in [6.45, 7) is 9.02. The second kappa shape index (κ2) is 13.6. The largest absolute Gasteiger partial charge is 0.310 e. The minimum absolute atomic E-state index is 0.471. The minimum atomic E-state index is 0.471. The number of rotatable bonds is 8. The van der Waals surface area contributed by atoms with Gasteiger partial charge < -0.3 is 9.80 Å². The molecule has 8 aromatic carbocycles. The van der Waals surface area contributed by atoms with Crippen molar-refractivity contribution in [1.29, 1.82) is 0 Å². The summed E-state index contributed by atoms with van der Waals surface area (Å²) in [5.41, 5.74) is 9.64. The molecule has 0 atom stereocenters. The maximum atomic E-state index is 2.45. The third-order valence-corrected chi connectivity index (χ3v) is 11.8. The molecule has 0 aliphatic carbocycles. The average Bonchev–Trinajstić information content (AvgIpc) is 3.58. The van der Waals surface area contributed by atoms with E-state index in [-0.39, 0.29) is 0 Å². The van der Waals surface area contributed by atoms with Crippen LogP contribution >= 0.6 is 11.3 Å². The molecule has 0 aliphatic heterocycles. The Bertz CT molecular complexity index is 2710. The van der Waals surface area contributed by atoms with Crippen LogP contribution in [0.4, 0.5) is 34.1 Å². The van der Waals surface area contributed by atoms with E-state index in [1.165, 1.54) is 64.2 Å². The molecule has 0 bridgehead atoms. The van der Waals surface area contributed by atoms with Crippen LogP contribution in [0.3, 0.4) is 0 Å². The zero-order chi connectivity index (χ0) is 36.1. The first kappa shape index (κ1) is 33.0. The van der Waals surface area contributed by atoms with E-state index in [9.17, 15) is 0 Å². The third kappa shape index (κ3) is 5.82. The molecule has 0 saturated carbocycles. The van der Waals surface area contributed by atoms with Gasteiger partial charge in [0.15, 0.2) is 0 Å². The fourth-order valence-corrected chi connectivity index (χ4v) is 9.09. The van der Waals surface area contributed by atoms with Crippen molar-refractivity contribution in [3.63, 3.8) is 0 Å². The zero-order valence-corrected chi connectivity index (χ0v) is 31.4. The highest BCUT2D eigenvalue weighted by Crippen LogP contribution is 2.50. The van der Waals surface area contributed by atoms with E-state index in [2.05, 4.69) is 207 Å². The summed E-state index contributed by atoms with van der Waals surface area (Å²) >= 11 is 1.91.